The van der Waals surface area contributed by atoms with Gasteiger partial charge in [-0.3, -0.25) is 9.69 Å². The summed E-state index contributed by atoms with van der Waals surface area (Å²) in [5, 5.41) is 3.60. The molecule has 28 heavy (non-hydrogen) atoms. The van der Waals surface area contributed by atoms with E-state index in [-0.39, 0.29) is 6.42 Å². The first-order valence-corrected chi connectivity index (χ1v) is 9.06. The van der Waals surface area contributed by atoms with E-state index in [0.717, 1.165) is 11.3 Å². The van der Waals surface area contributed by atoms with Gasteiger partial charge < -0.3 is 14.8 Å². The SMILES string of the molecule is COC(=O)CC1=C(C(=O)OC)[C@H](c2ccccc2)NC(=S)N1c1ccccc1. The molecule has 144 valence electrons. The minimum absolute atomic E-state index is 0.124. The fourth-order valence-corrected chi connectivity index (χ4v) is 3.48. The average Bonchev–Trinajstić information content (AvgIpc) is 2.74. The van der Waals surface area contributed by atoms with E-state index in [2.05, 4.69) is 5.32 Å². The van der Waals surface area contributed by atoms with Crippen LogP contribution in [0.25, 0.3) is 0 Å². The summed E-state index contributed by atoms with van der Waals surface area (Å²) in [5.41, 5.74) is 2.31. The third-order valence-corrected chi connectivity index (χ3v) is 4.73. The molecule has 1 N–H and O–H groups in total. The molecule has 1 atom stereocenters. The Hall–Kier alpha value is -3.19. The van der Waals surface area contributed by atoms with Gasteiger partial charge >= 0.3 is 11.9 Å². The Balaban J connectivity index is 2.23. The van der Waals surface area contributed by atoms with Crippen molar-refractivity contribution >= 4 is 35.0 Å². The number of carbonyl (C=O) groups excluding carboxylic acids is 2. The highest BCUT2D eigenvalue weighted by atomic mass is 32.1. The average molecular weight is 396 g/mol. The lowest BCUT2D eigenvalue weighted by molar-refractivity contribution is -0.139. The number of nitrogens with zero attached hydrogens (tertiary/aromatic N) is 1. The molecule has 0 spiro atoms. The van der Waals surface area contributed by atoms with Gasteiger partial charge in [-0.25, -0.2) is 4.79 Å². The number of methoxy groups -OCH3 is 2. The number of carbonyl (C=O) groups is 2. The molecule has 0 aliphatic carbocycles. The lowest BCUT2D eigenvalue weighted by Gasteiger charge is -2.38. The first kappa shape index (κ1) is 19.6. The fraction of sp³-hybridized carbons (Fsp3) is 0.190. The summed E-state index contributed by atoms with van der Waals surface area (Å²) >= 11 is 5.60. The summed E-state index contributed by atoms with van der Waals surface area (Å²) in [6.07, 6.45) is -0.124. The van der Waals surface area contributed by atoms with Crippen molar-refractivity contribution in [1.29, 1.82) is 0 Å². The van der Waals surface area contributed by atoms with Gasteiger partial charge in [0.25, 0.3) is 0 Å². The van der Waals surface area contributed by atoms with Crippen LogP contribution in [0.3, 0.4) is 0 Å². The number of thiocarbonyl (C=S) groups is 1. The van der Waals surface area contributed by atoms with Gasteiger partial charge in [0.15, 0.2) is 5.11 Å². The number of para-hydroxylation sites is 1. The van der Waals surface area contributed by atoms with Gasteiger partial charge in [-0.05, 0) is 29.9 Å². The Labute approximate surface area is 168 Å². The van der Waals surface area contributed by atoms with E-state index in [1.54, 1.807) is 4.90 Å². The van der Waals surface area contributed by atoms with Crippen molar-refractivity contribution in [3.05, 3.63) is 77.5 Å². The molecule has 0 bridgehead atoms. The molecule has 0 radical (unpaired) electrons. The highest BCUT2D eigenvalue weighted by Gasteiger charge is 2.37. The van der Waals surface area contributed by atoms with Crippen molar-refractivity contribution in [2.75, 3.05) is 19.1 Å². The molecular formula is C21H20N2O4S. The van der Waals surface area contributed by atoms with Gasteiger partial charge in [-0.1, -0.05) is 48.5 Å². The summed E-state index contributed by atoms with van der Waals surface area (Å²) in [6, 6.07) is 18.2. The van der Waals surface area contributed by atoms with E-state index in [0.29, 0.717) is 16.4 Å². The Bertz CT molecular complexity index is 913. The number of hydrogen-bond donors (Lipinski definition) is 1. The van der Waals surface area contributed by atoms with E-state index in [9.17, 15) is 9.59 Å². The molecule has 0 saturated heterocycles. The summed E-state index contributed by atoms with van der Waals surface area (Å²) in [4.78, 5) is 26.6. The molecule has 0 amide bonds. The first-order chi connectivity index (χ1) is 13.6. The molecule has 6 nitrogen and oxygen atoms in total. The maximum absolute atomic E-state index is 12.8. The van der Waals surface area contributed by atoms with Crippen LogP contribution in [-0.2, 0) is 19.1 Å². The zero-order valence-electron chi connectivity index (χ0n) is 15.5. The molecule has 2 aromatic rings. The van der Waals surface area contributed by atoms with Crippen LogP contribution in [-0.4, -0.2) is 31.3 Å². The van der Waals surface area contributed by atoms with E-state index in [4.69, 9.17) is 21.7 Å². The monoisotopic (exact) mass is 396 g/mol. The number of anilines is 1. The lowest BCUT2D eigenvalue weighted by Crippen LogP contribution is -2.49. The maximum atomic E-state index is 12.8. The zero-order chi connectivity index (χ0) is 20.1. The van der Waals surface area contributed by atoms with Crippen LogP contribution in [0.15, 0.2) is 71.9 Å². The predicted octanol–water partition coefficient (Wildman–Crippen LogP) is 3.11. The van der Waals surface area contributed by atoms with Crippen LogP contribution in [0.4, 0.5) is 5.69 Å². The molecule has 0 aromatic heterocycles. The Kier molecular flexibility index (Phi) is 6.06. The summed E-state index contributed by atoms with van der Waals surface area (Å²) in [5.74, 6) is -1.02. The van der Waals surface area contributed by atoms with Crippen LogP contribution >= 0.6 is 12.2 Å². The molecule has 0 fully saturated rings. The minimum Gasteiger partial charge on any atom is -0.469 e. The second kappa shape index (κ2) is 8.67. The molecule has 2 aromatic carbocycles. The van der Waals surface area contributed by atoms with Crippen LogP contribution in [0, 0.1) is 0 Å². The van der Waals surface area contributed by atoms with E-state index in [1.165, 1.54) is 14.2 Å². The van der Waals surface area contributed by atoms with Crippen LogP contribution in [0.2, 0.25) is 0 Å². The van der Waals surface area contributed by atoms with Crippen molar-refractivity contribution in [3.8, 4) is 0 Å². The molecule has 7 heteroatoms. The van der Waals surface area contributed by atoms with Crippen LogP contribution in [0.5, 0.6) is 0 Å². The third kappa shape index (κ3) is 3.89. The number of benzene rings is 2. The van der Waals surface area contributed by atoms with Crippen molar-refractivity contribution in [2.24, 2.45) is 0 Å². The molecule has 0 unspecified atom stereocenters. The Morgan fingerprint density at radius 3 is 2.18 bits per heavy atom. The number of hydrogen-bond acceptors (Lipinski definition) is 5. The standard InChI is InChI=1S/C21H20N2O4S/c1-26-17(24)13-16-18(20(25)27-2)19(14-9-5-3-6-10-14)22-21(28)23(16)15-11-7-4-8-12-15/h3-12,19H,13H2,1-2H3,(H,22,28)/t19-/m0/s1. The number of rotatable bonds is 5. The Morgan fingerprint density at radius 1 is 1.00 bits per heavy atom. The molecule has 0 saturated carbocycles. The van der Waals surface area contributed by atoms with Gasteiger partial charge in [-0.15, -0.1) is 0 Å². The first-order valence-electron chi connectivity index (χ1n) is 8.65. The molecular weight excluding hydrogens is 376 g/mol. The summed E-state index contributed by atoms with van der Waals surface area (Å²) in [7, 11) is 2.62. The zero-order valence-corrected chi connectivity index (χ0v) is 16.4. The molecule has 1 heterocycles. The van der Waals surface area contributed by atoms with Gasteiger partial charge in [0.05, 0.1) is 32.3 Å². The largest absolute Gasteiger partial charge is 0.469 e. The van der Waals surface area contributed by atoms with Gasteiger partial charge in [0.1, 0.15) is 0 Å². The van der Waals surface area contributed by atoms with Crippen LogP contribution < -0.4 is 10.2 Å². The van der Waals surface area contributed by atoms with Crippen LogP contribution in [0.1, 0.15) is 18.0 Å². The van der Waals surface area contributed by atoms with Crippen molar-refractivity contribution in [2.45, 2.75) is 12.5 Å². The quantitative estimate of drug-likeness (QED) is 0.615. The summed E-state index contributed by atoms with van der Waals surface area (Å²) in [6.45, 7) is 0. The van der Waals surface area contributed by atoms with E-state index in [1.807, 2.05) is 60.7 Å². The molecule has 3 rings (SSSR count). The number of esters is 2. The highest BCUT2D eigenvalue weighted by Crippen LogP contribution is 2.35. The molecule has 1 aliphatic rings. The maximum Gasteiger partial charge on any atom is 0.338 e. The summed E-state index contributed by atoms with van der Waals surface area (Å²) < 4.78 is 9.91. The highest BCUT2D eigenvalue weighted by molar-refractivity contribution is 7.80. The van der Waals surface area contributed by atoms with E-state index < -0.39 is 18.0 Å². The third-order valence-electron chi connectivity index (χ3n) is 4.43. The lowest BCUT2D eigenvalue weighted by atomic mass is 9.93. The molecule has 1 aliphatic heterocycles. The minimum atomic E-state index is -0.541. The van der Waals surface area contributed by atoms with Crippen molar-refractivity contribution < 1.29 is 19.1 Å². The van der Waals surface area contributed by atoms with E-state index >= 15 is 0 Å². The van der Waals surface area contributed by atoms with Gasteiger partial charge in [-0.2, -0.15) is 0 Å². The number of nitrogens with one attached hydrogen (secondary N) is 1. The second-order valence-corrected chi connectivity index (χ2v) is 6.46. The number of ether oxygens (including phenoxy) is 2. The topological polar surface area (TPSA) is 67.9 Å². The Morgan fingerprint density at radius 2 is 1.61 bits per heavy atom. The fourth-order valence-electron chi connectivity index (χ4n) is 3.14. The van der Waals surface area contributed by atoms with Gasteiger partial charge in [0.2, 0.25) is 0 Å². The van der Waals surface area contributed by atoms with Gasteiger partial charge in [0, 0.05) is 11.4 Å². The predicted molar refractivity (Wildman–Crippen MR) is 110 cm³/mol. The second-order valence-electron chi connectivity index (χ2n) is 6.07. The normalized spacial score (nSPS) is 16.4. The van der Waals surface area contributed by atoms with Crippen molar-refractivity contribution in [3.63, 3.8) is 0 Å². The van der Waals surface area contributed by atoms with Crippen molar-refractivity contribution in [1.82, 2.24) is 5.32 Å². The smallest absolute Gasteiger partial charge is 0.338 e.